The average molecular weight is 485 g/mol. The minimum atomic E-state index is 0.0828. The lowest BCUT2D eigenvalue weighted by atomic mass is 9.85. The van der Waals surface area contributed by atoms with Crippen LogP contribution >= 0.6 is 0 Å². The Balaban J connectivity index is 1.47. The molecule has 0 atom stereocenters. The molecule has 6 nitrogen and oxygen atoms in total. The molecule has 0 saturated heterocycles. The van der Waals surface area contributed by atoms with Crippen molar-refractivity contribution in [2.24, 2.45) is 0 Å². The van der Waals surface area contributed by atoms with Gasteiger partial charge in [0, 0.05) is 23.3 Å². The monoisotopic (exact) mass is 484 g/mol. The van der Waals surface area contributed by atoms with Crippen molar-refractivity contribution in [1.82, 2.24) is 0 Å². The second-order valence-corrected chi connectivity index (χ2v) is 8.87. The smallest absolute Gasteiger partial charge is 0.172 e. The highest BCUT2D eigenvalue weighted by atomic mass is 16.5. The number of ether oxygens (including phenoxy) is 3. The molecule has 3 N–H and O–H groups in total. The lowest BCUT2D eigenvalue weighted by molar-refractivity contribution is 0.370. The van der Waals surface area contributed by atoms with Crippen LogP contribution in [0.15, 0.2) is 66.7 Å². The maximum atomic E-state index is 10.7. The van der Waals surface area contributed by atoms with Gasteiger partial charge < -0.3 is 29.5 Å². The number of benzene rings is 4. The molecule has 0 radical (unpaired) electrons. The molecule has 0 aliphatic heterocycles. The molecule has 5 rings (SSSR count). The summed E-state index contributed by atoms with van der Waals surface area (Å²) in [5.74, 6) is 2.75. The summed E-state index contributed by atoms with van der Waals surface area (Å²) in [5.41, 5.74) is 5.52. The minimum Gasteiger partial charge on any atom is -0.508 e. The zero-order chi connectivity index (χ0) is 25.2. The molecule has 0 aromatic heterocycles. The molecule has 1 aliphatic carbocycles. The maximum Gasteiger partial charge on any atom is 0.172 e. The van der Waals surface area contributed by atoms with Crippen molar-refractivity contribution in [3.05, 3.63) is 89.0 Å². The van der Waals surface area contributed by atoms with Crippen molar-refractivity contribution in [3.8, 4) is 51.4 Å². The fraction of sp³-hybridized carbons (Fsp3) is 0.200. The normalized spacial score (nSPS) is 11.9. The van der Waals surface area contributed by atoms with E-state index < -0.39 is 0 Å². The number of fused-ring (bicyclic) bond motifs is 3. The molecule has 0 spiro atoms. The molecular weight excluding hydrogens is 456 g/mol. The quantitative estimate of drug-likeness (QED) is 0.291. The Hall–Kier alpha value is -4.32. The number of aromatic hydroxyl groups is 3. The molecule has 0 heterocycles. The van der Waals surface area contributed by atoms with E-state index in [2.05, 4.69) is 0 Å². The first-order chi connectivity index (χ1) is 17.5. The van der Waals surface area contributed by atoms with Gasteiger partial charge in [-0.2, -0.15) is 0 Å². The first-order valence-corrected chi connectivity index (χ1v) is 11.8. The number of phenols is 3. The van der Waals surface area contributed by atoms with E-state index in [-0.39, 0.29) is 17.2 Å². The molecule has 6 heteroatoms. The molecule has 0 saturated carbocycles. The lowest BCUT2D eigenvalue weighted by Crippen LogP contribution is -2.05. The number of rotatable bonds is 7. The molecule has 184 valence electrons. The third-order valence-electron chi connectivity index (χ3n) is 6.63. The molecule has 0 fully saturated rings. The highest BCUT2D eigenvalue weighted by molar-refractivity contribution is 5.80. The average Bonchev–Trinajstić information content (AvgIpc) is 2.88. The Morgan fingerprint density at radius 3 is 2.22 bits per heavy atom. The predicted molar refractivity (Wildman–Crippen MR) is 138 cm³/mol. The van der Waals surface area contributed by atoms with Crippen LogP contribution in [0.5, 0.6) is 40.2 Å². The molecule has 4 aromatic carbocycles. The third kappa shape index (κ3) is 4.50. The Kier molecular flexibility index (Phi) is 6.34. The summed E-state index contributed by atoms with van der Waals surface area (Å²) in [6.45, 7) is 0. The molecule has 0 amide bonds. The molecule has 0 bridgehead atoms. The SMILES string of the molecule is COc1cc(O)c2c(c1)CCc1cc(Oc3c(CCc4ccccc4O)cc(O)cc3OC)ccc1-2. The number of aryl methyl sites for hydroxylation is 4. The highest BCUT2D eigenvalue weighted by Gasteiger charge is 2.22. The zero-order valence-electron chi connectivity index (χ0n) is 20.2. The van der Waals surface area contributed by atoms with Crippen LogP contribution < -0.4 is 14.2 Å². The van der Waals surface area contributed by atoms with Crippen LogP contribution in [0.1, 0.15) is 22.3 Å². The van der Waals surface area contributed by atoms with Gasteiger partial charge >= 0.3 is 0 Å². The van der Waals surface area contributed by atoms with Crippen LogP contribution in [0.3, 0.4) is 0 Å². The Bertz CT molecular complexity index is 1430. The van der Waals surface area contributed by atoms with Gasteiger partial charge in [-0.25, -0.2) is 0 Å². The van der Waals surface area contributed by atoms with Crippen molar-refractivity contribution in [2.45, 2.75) is 25.7 Å². The van der Waals surface area contributed by atoms with E-state index in [0.29, 0.717) is 35.8 Å². The number of para-hydroxylation sites is 1. The lowest BCUT2D eigenvalue weighted by Gasteiger charge is -2.23. The van der Waals surface area contributed by atoms with Gasteiger partial charge in [0.15, 0.2) is 11.5 Å². The van der Waals surface area contributed by atoms with Crippen LogP contribution in [-0.2, 0) is 25.7 Å². The number of hydrogen-bond acceptors (Lipinski definition) is 6. The van der Waals surface area contributed by atoms with Gasteiger partial charge in [0.1, 0.15) is 28.7 Å². The zero-order valence-corrected chi connectivity index (χ0v) is 20.2. The summed E-state index contributed by atoms with van der Waals surface area (Å²) in [7, 11) is 3.13. The Morgan fingerprint density at radius 1 is 0.694 bits per heavy atom. The first-order valence-electron chi connectivity index (χ1n) is 11.8. The third-order valence-corrected chi connectivity index (χ3v) is 6.63. The van der Waals surface area contributed by atoms with Crippen molar-refractivity contribution < 1.29 is 29.5 Å². The van der Waals surface area contributed by atoms with Gasteiger partial charge in [0.2, 0.25) is 0 Å². The van der Waals surface area contributed by atoms with Crippen molar-refractivity contribution >= 4 is 0 Å². The fourth-order valence-electron chi connectivity index (χ4n) is 4.84. The fourth-order valence-corrected chi connectivity index (χ4v) is 4.84. The van der Waals surface area contributed by atoms with E-state index in [1.165, 1.54) is 13.2 Å². The topological polar surface area (TPSA) is 88.4 Å². The standard InChI is InChI=1S/C30H28O6/c1-34-24-15-20-9-8-19-14-23(11-12-25(19)29(20)27(33)17-24)36-30-21(13-22(31)16-28(30)35-2)10-7-18-5-3-4-6-26(18)32/h3-6,11-17,31-33H,7-10H2,1-2H3. The van der Waals surface area contributed by atoms with Gasteiger partial charge in [-0.05, 0) is 78.3 Å². The van der Waals surface area contributed by atoms with E-state index in [4.69, 9.17) is 14.2 Å². The number of phenolic OH excluding ortho intramolecular Hbond substituents is 3. The Labute approximate surface area is 210 Å². The molecule has 4 aromatic rings. The number of hydrogen-bond donors (Lipinski definition) is 3. The van der Waals surface area contributed by atoms with Crippen molar-refractivity contribution in [2.75, 3.05) is 14.2 Å². The van der Waals surface area contributed by atoms with Gasteiger partial charge in [0.25, 0.3) is 0 Å². The van der Waals surface area contributed by atoms with E-state index in [9.17, 15) is 15.3 Å². The summed E-state index contributed by atoms with van der Waals surface area (Å²) >= 11 is 0. The molecule has 36 heavy (non-hydrogen) atoms. The van der Waals surface area contributed by atoms with E-state index >= 15 is 0 Å². The van der Waals surface area contributed by atoms with Crippen LogP contribution in [0.2, 0.25) is 0 Å². The van der Waals surface area contributed by atoms with Gasteiger partial charge in [-0.15, -0.1) is 0 Å². The summed E-state index contributed by atoms with van der Waals surface area (Å²) in [6, 6.07) is 19.8. The highest BCUT2D eigenvalue weighted by Crippen LogP contribution is 2.44. The summed E-state index contributed by atoms with van der Waals surface area (Å²) < 4.78 is 17.2. The van der Waals surface area contributed by atoms with Gasteiger partial charge in [0.05, 0.1) is 14.2 Å². The second kappa shape index (κ2) is 9.74. The van der Waals surface area contributed by atoms with E-state index in [0.717, 1.165) is 46.2 Å². The van der Waals surface area contributed by atoms with E-state index in [1.54, 1.807) is 31.4 Å². The van der Waals surface area contributed by atoms with Gasteiger partial charge in [-0.3, -0.25) is 0 Å². The van der Waals surface area contributed by atoms with E-state index in [1.807, 2.05) is 36.4 Å². The maximum absolute atomic E-state index is 10.7. The predicted octanol–water partition coefficient (Wildman–Crippen LogP) is 6.16. The van der Waals surface area contributed by atoms with Crippen molar-refractivity contribution in [1.29, 1.82) is 0 Å². The summed E-state index contributed by atoms with van der Waals surface area (Å²) in [4.78, 5) is 0. The van der Waals surface area contributed by atoms with Gasteiger partial charge in [-0.1, -0.05) is 24.3 Å². The number of methoxy groups -OCH3 is 2. The minimum absolute atomic E-state index is 0.0828. The molecule has 0 unspecified atom stereocenters. The second-order valence-electron chi connectivity index (χ2n) is 8.87. The van der Waals surface area contributed by atoms with Crippen LogP contribution in [0.4, 0.5) is 0 Å². The molecule has 1 aliphatic rings. The first kappa shape index (κ1) is 23.4. The summed E-state index contributed by atoms with van der Waals surface area (Å²) in [6.07, 6.45) is 2.69. The molecular formula is C30H28O6. The Morgan fingerprint density at radius 2 is 1.44 bits per heavy atom. The summed E-state index contributed by atoms with van der Waals surface area (Å²) in [5, 5.41) is 31.1. The largest absolute Gasteiger partial charge is 0.508 e. The van der Waals surface area contributed by atoms with Crippen molar-refractivity contribution in [3.63, 3.8) is 0 Å². The van der Waals surface area contributed by atoms with Crippen LogP contribution in [0, 0.1) is 0 Å². The van der Waals surface area contributed by atoms with Crippen LogP contribution in [-0.4, -0.2) is 29.5 Å². The van der Waals surface area contributed by atoms with Crippen LogP contribution in [0.25, 0.3) is 11.1 Å².